The number of aliphatic hydroxyl groups is 1. The smallest absolute Gasteiger partial charge is 0.191 e. The van der Waals surface area contributed by atoms with Gasteiger partial charge in [-0.3, -0.25) is 0 Å². The second kappa shape index (κ2) is 10.9. The average molecular weight is 513 g/mol. The van der Waals surface area contributed by atoms with Gasteiger partial charge in [-0.15, -0.1) is 24.0 Å². The standard InChI is InChI=1S/C22H31N3O3.HI/c1-4-23-21(25-15-22(3,26)20-13-12-16(2)27-20)24-14-17-8-5-6-11-19(17)28-18-9-7-10-18;/h5-6,8,11-13,18,26H,4,7,9-10,14-15H2,1-3H3,(H2,23,24,25);1H. The molecule has 0 aliphatic heterocycles. The van der Waals surface area contributed by atoms with E-state index in [1.54, 1.807) is 13.0 Å². The number of ether oxygens (including phenoxy) is 1. The number of nitrogens with one attached hydrogen (secondary N) is 2. The molecule has 1 aliphatic rings. The Labute approximate surface area is 190 Å². The molecule has 0 amide bonds. The molecule has 1 aromatic heterocycles. The van der Waals surface area contributed by atoms with Gasteiger partial charge in [-0.2, -0.15) is 0 Å². The van der Waals surface area contributed by atoms with Gasteiger partial charge in [-0.25, -0.2) is 4.99 Å². The highest BCUT2D eigenvalue weighted by Gasteiger charge is 2.27. The number of furan rings is 1. The van der Waals surface area contributed by atoms with Crippen LogP contribution in [0.25, 0.3) is 0 Å². The summed E-state index contributed by atoms with van der Waals surface area (Å²) in [6.07, 6.45) is 3.84. The second-order valence-electron chi connectivity index (χ2n) is 7.51. The lowest BCUT2D eigenvalue weighted by atomic mass is 9.96. The first-order chi connectivity index (χ1) is 13.5. The van der Waals surface area contributed by atoms with E-state index in [0.717, 1.165) is 36.5 Å². The minimum absolute atomic E-state index is 0. The first-order valence-electron chi connectivity index (χ1n) is 10.0. The van der Waals surface area contributed by atoms with Gasteiger partial charge in [0.15, 0.2) is 5.96 Å². The van der Waals surface area contributed by atoms with Crippen molar-refractivity contribution in [3.05, 3.63) is 53.5 Å². The fraction of sp³-hybridized carbons (Fsp3) is 0.500. The number of aliphatic imine (C=N–C) groups is 1. The van der Waals surface area contributed by atoms with Crippen LogP contribution in [0.15, 0.2) is 45.8 Å². The molecular formula is C22H32IN3O3. The SMILES string of the molecule is CCNC(=NCc1ccccc1OC1CCC1)NCC(C)(O)c1ccc(C)o1.I. The van der Waals surface area contributed by atoms with Crippen LogP contribution >= 0.6 is 24.0 Å². The van der Waals surface area contributed by atoms with Crippen molar-refractivity contribution in [2.75, 3.05) is 13.1 Å². The third-order valence-corrected chi connectivity index (χ3v) is 4.94. The van der Waals surface area contributed by atoms with Crippen molar-refractivity contribution in [1.82, 2.24) is 10.6 Å². The molecule has 29 heavy (non-hydrogen) atoms. The van der Waals surface area contributed by atoms with E-state index < -0.39 is 5.60 Å². The van der Waals surface area contributed by atoms with Gasteiger partial charge in [0.25, 0.3) is 0 Å². The number of hydrogen-bond donors (Lipinski definition) is 3. The minimum Gasteiger partial charge on any atom is -0.490 e. The maximum atomic E-state index is 10.7. The van der Waals surface area contributed by atoms with Gasteiger partial charge in [0.1, 0.15) is 22.9 Å². The van der Waals surface area contributed by atoms with E-state index in [-0.39, 0.29) is 30.5 Å². The first kappa shape index (κ1) is 23.5. The van der Waals surface area contributed by atoms with Crippen LogP contribution in [-0.4, -0.2) is 30.3 Å². The number of hydrogen-bond acceptors (Lipinski definition) is 4. The molecule has 1 fully saturated rings. The Morgan fingerprint density at radius 3 is 2.62 bits per heavy atom. The zero-order chi connectivity index (χ0) is 20.0. The molecule has 7 heteroatoms. The van der Waals surface area contributed by atoms with Crippen molar-refractivity contribution in [3.8, 4) is 5.75 Å². The van der Waals surface area contributed by atoms with Crippen LogP contribution in [-0.2, 0) is 12.1 Å². The Kier molecular flexibility index (Phi) is 8.82. The summed E-state index contributed by atoms with van der Waals surface area (Å²) >= 11 is 0. The Balaban J connectivity index is 0.00000300. The lowest BCUT2D eigenvalue weighted by Gasteiger charge is -2.27. The van der Waals surface area contributed by atoms with Crippen molar-refractivity contribution in [2.45, 2.75) is 58.3 Å². The third kappa shape index (κ3) is 6.64. The Hall–Kier alpha value is -1.74. The van der Waals surface area contributed by atoms with Crippen LogP contribution in [0.4, 0.5) is 0 Å². The molecule has 1 saturated carbocycles. The van der Waals surface area contributed by atoms with E-state index in [0.29, 0.717) is 24.4 Å². The van der Waals surface area contributed by atoms with Gasteiger partial charge in [0.2, 0.25) is 0 Å². The fourth-order valence-corrected chi connectivity index (χ4v) is 2.99. The monoisotopic (exact) mass is 513 g/mol. The Morgan fingerprint density at radius 2 is 2.00 bits per heavy atom. The highest BCUT2D eigenvalue weighted by molar-refractivity contribution is 14.0. The van der Waals surface area contributed by atoms with E-state index in [9.17, 15) is 5.11 Å². The van der Waals surface area contributed by atoms with E-state index in [4.69, 9.17) is 9.15 Å². The molecule has 1 heterocycles. The van der Waals surface area contributed by atoms with Crippen molar-refractivity contribution >= 4 is 29.9 Å². The van der Waals surface area contributed by atoms with Crippen LogP contribution in [0.3, 0.4) is 0 Å². The lowest BCUT2D eigenvalue weighted by molar-refractivity contribution is 0.0378. The Morgan fingerprint density at radius 1 is 1.24 bits per heavy atom. The quantitative estimate of drug-likeness (QED) is 0.282. The van der Waals surface area contributed by atoms with Crippen molar-refractivity contribution in [3.63, 3.8) is 0 Å². The fourth-order valence-electron chi connectivity index (χ4n) is 2.99. The maximum absolute atomic E-state index is 10.7. The molecule has 0 saturated heterocycles. The van der Waals surface area contributed by atoms with Crippen LogP contribution in [0.1, 0.15) is 50.2 Å². The molecule has 1 aliphatic carbocycles. The molecule has 1 unspecified atom stereocenters. The highest BCUT2D eigenvalue weighted by atomic mass is 127. The number of halogens is 1. The largest absolute Gasteiger partial charge is 0.490 e. The molecule has 0 bridgehead atoms. The molecule has 0 spiro atoms. The second-order valence-corrected chi connectivity index (χ2v) is 7.51. The van der Waals surface area contributed by atoms with Crippen LogP contribution in [0, 0.1) is 6.92 Å². The van der Waals surface area contributed by atoms with Gasteiger partial charge in [0, 0.05) is 12.1 Å². The van der Waals surface area contributed by atoms with Gasteiger partial charge in [-0.05, 0) is 58.2 Å². The molecule has 6 nitrogen and oxygen atoms in total. The van der Waals surface area contributed by atoms with Gasteiger partial charge < -0.3 is 24.9 Å². The molecule has 0 radical (unpaired) electrons. The van der Waals surface area contributed by atoms with Gasteiger partial charge in [-0.1, -0.05) is 18.2 Å². The van der Waals surface area contributed by atoms with Gasteiger partial charge >= 0.3 is 0 Å². The maximum Gasteiger partial charge on any atom is 0.191 e. The van der Waals surface area contributed by atoms with Crippen LogP contribution in [0.2, 0.25) is 0 Å². The molecule has 1 aromatic carbocycles. The number of aryl methyl sites for hydroxylation is 1. The lowest BCUT2D eigenvalue weighted by Crippen LogP contribution is -2.44. The summed E-state index contributed by atoms with van der Waals surface area (Å²) < 4.78 is 11.7. The normalized spacial score (nSPS) is 16.3. The van der Waals surface area contributed by atoms with E-state index in [1.807, 2.05) is 44.2 Å². The summed E-state index contributed by atoms with van der Waals surface area (Å²) in [5.74, 6) is 2.86. The summed E-state index contributed by atoms with van der Waals surface area (Å²) in [5, 5.41) is 17.1. The molecule has 160 valence electrons. The van der Waals surface area contributed by atoms with Gasteiger partial charge in [0.05, 0.1) is 19.2 Å². The molecule has 3 N–H and O–H groups in total. The summed E-state index contributed by atoms with van der Waals surface area (Å²) in [4.78, 5) is 4.67. The number of nitrogens with zero attached hydrogens (tertiary/aromatic N) is 1. The zero-order valence-corrected chi connectivity index (χ0v) is 19.7. The number of guanidine groups is 1. The van der Waals surface area contributed by atoms with Crippen molar-refractivity contribution < 1.29 is 14.3 Å². The molecular weight excluding hydrogens is 481 g/mol. The molecule has 1 atom stereocenters. The van der Waals surface area contributed by atoms with Crippen molar-refractivity contribution in [2.24, 2.45) is 4.99 Å². The number of rotatable bonds is 8. The predicted molar refractivity (Wildman–Crippen MR) is 126 cm³/mol. The third-order valence-electron chi connectivity index (χ3n) is 4.94. The van der Waals surface area contributed by atoms with E-state index in [1.165, 1.54) is 6.42 Å². The van der Waals surface area contributed by atoms with E-state index >= 15 is 0 Å². The van der Waals surface area contributed by atoms with Crippen LogP contribution < -0.4 is 15.4 Å². The molecule has 2 aromatic rings. The highest BCUT2D eigenvalue weighted by Crippen LogP contribution is 2.28. The zero-order valence-electron chi connectivity index (χ0n) is 17.4. The Bertz CT molecular complexity index is 800. The van der Waals surface area contributed by atoms with Crippen LogP contribution in [0.5, 0.6) is 5.75 Å². The number of benzene rings is 1. The summed E-state index contributed by atoms with van der Waals surface area (Å²) in [6, 6.07) is 11.7. The average Bonchev–Trinajstić information content (AvgIpc) is 3.09. The number of para-hydroxylation sites is 1. The van der Waals surface area contributed by atoms with Crippen molar-refractivity contribution in [1.29, 1.82) is 0 Å². The summed E-state index contributed by atoms with van der Waals surface area (Å²) in [7, 11) is 0. The summed E-state index contributed by atoms with van der Waals surface area (Å²) in [5.41, 5.74) is -0.0737. The minimum atomic E-state index is -1.13. The topological polar surface area (TPSA) is 79.0 Å². The van der Waals surface area contributed by atoms with E-state index in [2.05, 4.69) is 15.6 Å². The molecule has 3 rings (SSSR count). The predicted octanol–water partition coefficient (Wildman–Crippen LogP) is 4.10. The first-order valence-corrected chi connectivity index (χ1v) is 10.0. The summed E-state index contributed by atoms with van der Waals surface area (Å²) in [6.45, 7) is 7.12.